The number of hydrogen-bond donors (Lipinski definition) is 2. The van der Waals surface area contributed by atoms with Crippen molar-refractivity contribution in [3.8, 4) is 0 Å². The van der Waals surface area contributed by atoms with Crippen LogP contribution in [-0.2, 0) is 4.79 Å². The Kier molecular flexibility index (Phi) is 3.94. The number of halogens is 1. The van der Waals surface area contributed by atoms with Crippen LogP contribution < -0.4 is 5.32 Å². The van der Waals surface area contributed by atoms with Gasteiger partial charge >= 0.3 is 0 Å². The molecule has 0 radical (unpaired) electrons. The van der Waals surface area contributed by atoms with Crippen LogP contribution in [0.15, 0.2) is 24.3 Å². The predicted molar refractivity (Wildman–Crippen MR) is 91.4 cm³/mol. The Morgan fingerprint density at radius 1 is 1.36 bits per heavy atom. The Morgan fingerprint density at radius 2 is 2.09 bits per heavy atom. The molecule has 4 heteroatoms. The molecule has 0 spiro atoms. The minimum absolute atomic E-state index is 0.0407. The number of hydrogen-bond acceptors (Lipinski definition) is 1. The summed E-state index contributed by atoms with van der Waals surface area (Å²) in [5, 5.41) is 4.22. The third kappa shape index (κ3) is 2.52. The van der Waals surface area contributed by atoms with Crippen LogP contribution in [0.1, 0.15) is 37.4 Å². The van der Waals surface area contributed by atoms with E-state index in [-0.39, 0.29) is 17.2 Å². The number of carbonyl (C=O) groups is 1. The summed E-state index contributed by atoms with van der Waals surface area (Å²) < 4.78 is 0. The van der Waals surface area contributed by atoms with E-state index in [2.05, 4.69) is 55.3 Å². The second-order valence-electron chi connectivity index (χ2n) is 6.89. The molecule has 0 saturated heterocycles. The van der Waals surface area contributed by atoms with Crippen LogP contribution in [0.4, 0.5) is 0 Å². The fourth-order valence-electron chi connectivity index (χ4n) is 3.97. The van der Waals surface area contributed by atoms with Crippen LogP contribution in [0.25, 0.3) is 10.9 Å². The summed E-state index contributed by atoms with van der Waals surface area (Å²) in [7, 11) is 0. The number of aromatic nitrogens is 1. The number of para-hydroxylation sites is 1. The molecule has 1 aliphatic rings. The minimum atomic E-state index is -0.0834. The van der Waals surface area contributed by atoms with Crippen molar-refractivity contribution in [1.82, 2.24) is 10.3 Å². The third-order valence-corrected chi connectivity index (χ3v) is 5.45. The predicted octanol–water partition coefficient (Wildman–Crippen LogP) is 3.96. The fraction of sp³-hybridized carbons (Fsp3) is 0.500. The van der Waals surface area contributed by atoms with Gasteiger partial charge in [0, 0.05) is 23.1 Å². The summed E-state index contributed by atoms with van der Waals surface area (Å²) in [6.45, 7) is 7.52. The molecule has 1 saturated carbocycles. The van der Waals surface area contributed by atoms with Crippen LogP contribution in [-0.4, -0.2) is 23.3 Å². The second kappa shape index (κ2) is 5.62. The van der Waals surface area contributed by atoms with E-state index in [1.165, 1.54) is 22.2 Å². The number of fused-ring (bicyclic) bond motifs is 1. The van der Waals surface area contributed by atoms with E-state index < -0.39 is 0 Å². The van der Waals surface area contributed by atoms with Crippen molar-refractivity contribution < 1.29 is 4.79 Å². The standard InChI is InChI=1S/C18H23ClN2O/c1-11-16(12-6-4-5-7-14(12)21-11)17-13(18(17,2)3)8-9-20-15(22)10-19/h4-7,13,17,21H,8-10H2,1-3H3,(H,20,22)/t13-,17+/m0/s1. The first-order chi connectivity index (χ1) is 10.5. The second-order valence-corrected chi connectivity index (χ2v) is 7.15. The molecule has 1 aromatic carbocycles. The van der Waals surface area contributed by atoms with Crippen molar-refractivity contribution >= 4 is 28.4 Å². The van der Waals surface area contributed by atoms with Crippen molar-refractivity contribution in [2.24, 2.45) is 11.3 Å². The highest BCUT2D eigenvalue weighted by atomic mass is 35.5. The normalized spacial score (nSPS) is 22.7. The number of H-pyrrole nitrogens is 1. The lowest BCUT2D eigenvalue weighted by molar-refractivity contribution is -0.118. The van der Waals surface area contributed by atoms with E-state index in [9.17, 15) is 4.79 Å². The number of rotatable bonds is 5. The highest BCUT2D eigenvalue weighted by Crippen LogP contribution is 2.67. The Bertz CT molecular complexity index is 704. The van der Waals surface area contributed by atoms with Gasteiger partial charge in [-0.3, -0.25) is 4.79 Å². The first-order valence-electron chi connectivity index (χ1n) is 7.86. The maximum atomic E-state index is 11.3. The molecule has 1 amide bonds. The van der Waals surface area contributed by atoms with Gasteiger partial charge in [-0.1, -0.05) is 32.0 Å². The van der Waals surface area contributed by atoms with E-state index in [0.717, 1.165) is 6.42 Å². The SMILES string of the molecule is Cc1[nH]c2ccccc2c1[C@H]1[C@H](CCNC(=O)CCl)C1(C)C. The number of benzene rings is 1. The maximum absolute atomic E-state index is 11.3. The van der Waals surface area contributed by atoms with Crippen LogP contribution >= 0.6 is 11.6 Å². The first-order valence-corrected chi connectivity index (χ1v) is 8.40. The van der Waals surface area contributed by atoms with Gasteiger partial charge in [-0.05, 0) is 42.2 Å². The number of alkyl halides is 1. The quantitative estimate of drug-likeness (QED) is 0.805. The Balaban J connectivity index is 1.79. The highest BCUT2D eigenvalue weighted by Gasteiger charge is 2.58. The molecule has 118 valence electrons. The van der Waals surface area contributed by atoms with Gasteiger partial charge in [0.15, 0.2) is 0 Å². The van der Waals surface area contributed by atoms with Crippen LogP contribution in [0.2, 0.25) is 0 Å². The summed E-state index contributed by atoms with van der Waals surface area (Å²) in [6.07, 6.45) is 0.999. The summed E-state index contributed by atoms with van der Waals surface area (Å²) in [4.78, 5) is 14.8. The van der Waals surface area contributed by atoms with Crippen LogP contribution in [0.3, 0.4) is 0 Å². The molecule has 1 aliphatic carbocycles. The Hall–Kier alpha value is -1.48. The van der Waals surface area contributed by atoms with Gasteiger partial charge in [0.05, 0.1) is 0 Å². The summed E-state index contributed by atoms with van der Waals surface area (Å²) in [6, 6.07) is 8.51. The molecular formula is C18H23ClN2O. The molecule has 1 fully saturated rings. The molecule has 0 bridgehead atoms. The number of aromatic amines is 1. The van der Waals surface area contributed by atoms with Gasteiger partial charge in [-0.25, -0.2) is 0 Å². The van der Waals surface area contributed by atoms with Gasteiger partial charge in [-0.15, -0.1) is 11.6 Å². The van der Waals surface area contributed by atoms with Gasteiger partial charge in [0.1, 0.15) is 5.88 Å². The van der Waals surface area contributed by atoms with Gasteiger partial charge in [0.2, 0.25) is 5.91 Å². The van der Waals surface area contributed by atoms with Crippen molar-refractivity contribution in [3.05, 3.63) is 35.5 Å². The summed E-state index contributed by atoms with van der Waals surface area (Å²) >= 11 is 5.52. The number of aryl methyl sites for hydroxylation is 1. The lowest BCUT2D eigenvalue weighted by atomic mass is 10.0. The van der Waals surface area contributed by atoms with E-state index in [1.54, 1.807) is 0 Å². The fourth-order valence-corrected chi connectivity index (χ4v) is 4.06. The molecule has 0 aliphatic heterocycles. The van der Waals surface area contributed by atoms with E-state index in [4.69, 9.17) is 11.6 Å². The lowest BCUT2D eigenvalue weighted by Gasteiger charge is -2.03. The molecule has 2 atom stereocenters. The lowest BCUT2D eigenvalue weighted by Crippen LogP contribution is -2.25. The first kappa shape index (κ1) is 15.4. The Labute approximate surface area is 136 Å². The molecule has 2 N–H and O–H groups in total. The summed E-state index contributed by atoms with van der Waals surface area (Å²) in [5.74, 6) is 1.11. The van der Waals surface area contributed by atoms with Crippen molar-refractivity contribution in [3.63, 3.8) is 0 Å². The number of nitrogens with one attached hydrogen (secondary N) is 2. The van der Waals surface area contributed by atoms with E-state index in [0.29, 0.717) is 18.4 Å². The van der Waals surface area contributed by atoms with E-state index >= 15 is 0 Å². The zero-order valence-corrected chi connectivity index (χ0v) is 14.1. The van der Waals surface area contributed by atoms with Gasteiger partial charge < -0.3 is 10.3 Å². The average Bonchev–Trinajstić information content (AvgIpc) is 2.86. The minimum Gasteiger partial charge on any atom is -0.358 e. The molecule has 1 heterocycles. The molecule has 1 aromatic heterocycles. The highest BCUT2D eigenvalue weighted by molar-refractivity contribution is 6.27. The van der Waals surface area contributed by atoms with Crippen molar-refractivity contribution in [2.75, 3.05) is 12.4 Å². The molecular weight excluding hydrogens is 296 g/mol. The topological polar surface area (TPSA) is 44.9 Å². The van der Waals surface area contributed by atoms with E-state index in [1.807, 2.05) is 0 Å². The van der Waals surface area contributed by atoms with Gasteiger partial charge in [-0.2, -0.15) is 0 Å². The molecule has 2 aromatic rings. The summed E-state index contributed by atoms with van der Waals surface area (Å²) in [5.41, 5.74) is 4.22. The molecule has 0 unspecified atom stereocenters. The van der Waals surface area contributed by atoms with Crippen LogP contribution in [0.5, 0.6) is 0 Å². The van der Waals surface area contributed by atoms with Gasteiger partial charge in [0.25, 0.3) is 0 Å². The molecule has 3 rings (SSSR count). The smallest absolute Gasteiger partial charge is 0.234 e. The van der Waals surface area contributed by atoms with Crippen molar-refractivity contribution in [1.29, 1.82) is 0 Å². The monoisotopic (exact) mass is 318 g/mol. The van der Waals surface area contributed by atoms with Crippen LogP contribution in [0, 0.1) is 18.3 Å². The largest absolute Gasteiger partial charge is 0.358 e. The molecule has 22 heavy (non-hydrogen) atoms. The Morgan fingerprint density at radius 3 is 2.82 bits per heavy atom. The van der Waals surface area contributed by atoms with Crippen molar-refractivity contribution in [2.45, 2.75) is 33.1 Å². The maximum Gasteiger partial charge on any atom is 0.234 e. The average molecular weight is 319 g/mol. The zero-order chi connectivity index (χ0) is 15.9. The number of amides is 1. The zero-order valence-electron chi connectivity index (χ0n) is 13.4. The molecule has 3 nitrogen and oxygen atoms in total. The number of carbonyl (C=O) groups excluding carboxylic acids is 1. The third-order valence-electron chi connectivity index (χ3n) is 5.20.